The van der Waals surface area contributed by atoms with E-state index in [1.807, 2.05) is 24.3 Å². The monoisotopic (exact) mass is 254 g/mol. The molecule has 2 N–H and O–H groups in total. The highest BCUT2D eigenvalue weighted by molar-refractivity contribution is 9.10. The van der Waals surface area contributed by atoms with E-state index in [9.17, 15) is 4.79 Å². The van der Waals surface area contributed by atoms with E-state index in [2.05, 4.69) is 15.9 Å². The highest BCUT2D eigenvalue weighted by Gasteiger charge is 2.35. The molecule has 0 spiro atoms. The fourth-order valence-corrected chi connectivity index (χ4v) is 1.89. The maximum atomic E-state index is 11.3. The molecule has 1 fully saturated rings. The SMILES string of the molecule is NCC1CC(=O)N1c1ccc(Br)cc1. The van der Waals surface area contributed by atoms with Crippen molar-refractivity contribution in [3.05, 3.63) is 28.7 Å². The van der Waals surface area contributed by atoms with Crippen LogP contribution in [0.3, 0.4) is 0 Å². The van der Waals surface area contributed by atoms with Gasteiger partial charge in [-0.1, -0.05) is 15.9 Å². The minimum absolute atomic E-state index is 0.155. The number of hydrogen-bond acceptors (Lipinski definition) is 2. The van der Waals surface area contributed by atoms with Gasteiger partial charge in [0.15, 0.2) is 0 Å². The molecule has 1 aromatic carbocycles. The molecule has 0 bridgehead atoms. The molecule has 1 aromatic rings. The molecular weight excluding hydrogens is 244 g/mol. The molecule has 0 radical (unpaired) electrons. The van der Waals surface area contributed by atoms with Crippen LogP contribution >= 0.6 is 15.9 Å². The van der Waals surface area contributed by atoms with E-state index in [-0.39, 0.29) is 11.9 Å². The van der Waals surface area contributed by atoms with Crippen molar-refractivity contribution in [2.45, 2.75) is 12.5 Å². The van der Waals surface area contributed by atoms with Crippen LogP contribution < -0.4 is 10.6 Å². The van der Waals surface area contributed by atoms with Gasteiger partial charge in [0, 0.05) is 23.1 Å². The molecule has 1 saturated heterocycles. The van der Waals surface area contributed by atoms with Crippen LogP contribution in [0.25, 0.3) is 0 Å². The topological polar surface area (TPSA) is 46.3 Å². The van der Waals surface area contributed by atoms with E-state index in [0.717, 1.165) is 10.2 Å². The van der Waals surface area contributed by atoms with Crippen molar-refractivity contribution in [1.82, 2.24) is 0 Å². The number of carbonyl (C=O) groups is 1. The number of carbonyl (C=O) groups excluding carboxylic acids is 1. The number of nitrogens with zero attached hydrogens (tertiary/aromatic N) is 1. The molecule has 1 unspecified atom stereocenters. The normalized spacial score (nSPS) is 20.9. The molecule has 74 valence electrons. The molecule has 0 aromatic heterocycles. The van der Waals surface area contributed by atoms with Crippen molar-refractivity contribution in [1.29, 1.82) is 0 Å². The van der Waals surface area contributed by atoms with E-state index >= 15 is 0 Å². The maximum Gasteiger partial charge on any atom is 0.229 e. The zero-order chi connectivity index (χ0) is 10.1. The fourth-order valence-electron chi connectivity index (χ4n) is 1.63. The minimum atomic E-state index is 0.155. The van der Waals surface area contributed by atoms with Crippen molar-refractivity contribution >= 4 is 27.5 Å². The molecule has 0 aliphatic carbocycles. The summed E-state index contributed by atoms with van der Waals surface area (Å²) in [6.07, 6.45) is 0.576. The summed E-state index contributed by atoms with van der Waals surface area (Å²) in [4.78, 5) is 13.1. The molecule has 3 nitrogen and oxygen atoms in total. The van der Waals surface area contributed by atoms with Gasteiger partial charge >= 0.3 is 0 Å². The van der Waals surface area contributed by atoms with Crippen LogP contribution in [0.5, 0.6) is 0 Å². The van der Waals surface area contributed by atoms with Gasteiger partial charge in [-0.3, -0.25) is 4.79 Å². The molecule has 2 rings (SSSR count). The summed E-state index contributed by atoms with van der Waals surface area (Å²) in [7, 11) is 0. The van der Waals surface area contributed by atoms with Crippen molar-refractivity contribution < 1.29 is 4.79 Å². The lowest BCUT2D eigenvalue weighted by Gasteiger charge is -2.39. The highest BCUT2D eigenvalue weighted by Crippen LogP contribution is 2.28. The van der Waals surface area contributed by atoms with Crippen LogP contribution in [0.1, 0.15) is 6.42 Å². The Bertz CT molecular complexity index is 350. The van der Waals surface area contributed by atoms with Gasteiger partial charge in [0.1, 0.15) is 0 Å². The van der Waals surface area contributed by atoms with E-state index < -0.39 is 0 Å². The first kappa shape index (κ1) is 9.68. The van der Waals surface area contributed by atoms with E-state index in [4.69, 9.17) is 5.73 Å². The minimum Gasteiger partial charge on any atom is -0.328 e. The Labute approximate surface area is 91.0 Å². The number of anilines is 1. The maximum absolute atomic E-state index is 11.3. The third-order valence-corrected chi connectivity index (χ3v) is 2.95. The lowest BCUT2D eigenvalue weighted by molar-refractivity contribution is -0.123. The average Bonchev–Trinajstić information content (AvgIpc) is 2.17. The van der Waals surface area contributed by atoms with Crippen LogP contribution in [-0.2, 0) is 4.79 Å². The first-order valence-electron chi connectivity index (χ1n) is 4.50. The largest absolute Gasteiger partial charge is 0.328 e. The molecule has 4 heteroatoms. The number of rotatable bonds is 2. The van der Waals surface area contributed by atoms with Gasteiger partial charge in [-0.25, -0.2) is 0 Å². The van der Waals surface area contributed by atoms with Crippen molar-refractivity contribution in [2.75, 3.05) is 11.4 Å². The second-order valence-electron chi connectivity index (χ2n) is 3.33. The van der Waals surface area contributed by atoms with Crippen LogP contribution in [0, 0.1) is 0 Å². The molecule has 1 aliphatic heterocycles. The standard InChI is InChI=1S/C10H11BrN2O/c11-7-1-3-8(4-2-7)13-9(6-12)5-10(13)14/h1-4,9H,5-6,12H2. The first-order valence-corrected chi connectivity index (χ1v) is 5.29. The highest BCUT2D eigenvalue weighted by atomic mass is 79.9. The summed E-state index contributed by atoms with van der Waals surface area (Å²) in [6.45, 7) is 0.530. The van der Waals surface area contributed by atoms with Gasteiger partial charge in [0.2, 0.25) is 5.91 Å². The van der Waals surface area contributed by atoms with Gasteiger partial charge in [-0.15, -0.1) is 0 Å². The van der Waals surface area contributed by atoms with Crippen LogP contribution in [0.2, 0.25) is 0 Å². The van der Waals surface area contributed by atoms with Crippen molar-refractivity contribution in [3.8, 4) is 0 Å². The van der Waals surface area contributed by atoms with E-state index in [1.165, 1.54) is 0 Å². The lowest BCUT2D eigenvalue weighted by atomic mass is 10.0. The Morgan fingerprint density at radius 2 is 2.07 bits per heavy atom. The molecule has 1 aliphatic rings. The van der Waals surface area contributed by atoms with Gasteiger partial charge in [-0.05, 0) is 24.3 Å². The molecule has 1 amide bonds. The number of nitrogens with two attached hydrogens (primary N) is 1. The summed E-state index contributed by atoms with van der Waals surface area (Å²) >= 11 is 3.35. The zero-order valence-electron chi connectivity index (χ0n) is 7.61. The Morgan fingerprint density at radius 1 is 1.43 bits per heavy atom. The Hall–Kier alpha value is -0.870. The Kier molecular flexibility index (Phi) is 2.56. The lowest BCUT2D eigenvalue weighted by Crippen LogP contribution is -2.56. The van der Waals surface area contributed by atoms with Gasteiger partial charge in [0.25, 0.3) is 0 Å². The molecule has 1 atom stereocenters. The summed E-state index contributed by atoms with van der Waals surface area (Å²) in [5, 5.41) is 0. The predicted molar refractivity (Wildman–Crippen MR) is 59.1 cm³/mol. The second kappa shape index (κ2) is 3.71. The number of amides is 1. The van der Waals surface area contributed by atoms with Crippen LogP contribution in [-0.4, -0.2) is 18.5 Å². The van der Waals surface area contributed by atoms with Crippen molar-refractivity contribution in [3.63, 3.8) is 0 Å². The summed E-state index contributed by atoms with van der Waals surface area (Å²) in [5.41, 5.74) is 6.48. The Morgan fingerprint density at radius 3 is 2.57 bits per heavy atom. The number of β-lactam (4-membered cyclic amide) rings is 1. The molecular formula is C10H11BrN2O. The van der Waals surface area contributed by atoms with Crippen LogP contribution in [0.15, 0.2) is 28.7 Å². The second-order valence-corrected chi connectivity index (χ2v) is 4.25. The van der Waals surface area contributed by atoms with E-state index in [0.29, 0.717) is 13.0 Å². The average molecular weight is 255 g/mol. The number of hydrogen-bond donors (Lipinski definition) is 1. The fraction of sp³-hybridized carbons (Fsp3) is 0.300. The Balaban J connectivity index is 2.22. The van der Waals surface area contributed by atoms with Gasteiger partial charge < -0.3 is 10.6 Å². The number of benzene rings is 1. The van der Waals surface area contributed by atoms with Crippen molar-refractivity contribution in [2.24, 2.45) is 5.73 Å². The predicted octanol–water partition coefficient (Wildman–Crippen LogP) is 1.51. The summed E-state index contributed by atoms with van der Waals surface area (Å²) in [6, 6.07) is 7.88. The van der Waals surface area contributed by atoms with Gasteiger partial charge in [0.05, 0.1) is 6.04 Å². The summed E-state index contributed by atoms with van der Waals surface area (Å²) < 4.78 is 1.01. The van der Waals surface area contributed by atoms with E-state index in [1.54, 1.807) is 4.90 Å². The quantitative estimate of drug-likeness (QED) is 0.814. The molecule has 1 heterocycles. The summed E-state index contributed by atoms with van der Waals surface area (Å²) in [5.74, 6) is 0.155. The first-order chi connectivity index (χ1) is 6.72. The van der Waals surface area contributed by atoms with Gasteiger partial charge in [-0.2, -0.15) is 0 Å². The zero-order valence-corrected chi connectivity index (χ0v) is 9.20. The van der Waals surface area contributed by atoms with Crippen LogP contribution in [0.4, 0.5) is 5.69 Å². The number of halogens is 1. The third kappa shape index (κ3) is 1.55. The molecule has 14 heavy (non-hydrogen) atoms. The third-order valence-electron chi connectivity index (χ3n) is 2.42. The molecule has 0 saturated carbocycles. The smallest absolute Gasteiger partial charge is 0.229 e.